The fourth-order valence-electron chi connectivity index (χ4n) is 3.69. The molecule has 0 unspecified atom stereocenters. The van der Waals surface area contributed by atoms with E-state index in [1.54, 1.807) is 7.11 Å². The van der Waals surface area contributed by atoms with Crippen LogP contribution in [0.5, 0.6) is 5.75 Å². The number of aromatic amines is 1. The first-order valence-electron chi connectivity index (χ1n) is 9.22. The van der Waals surface area contributed by atoms with Crippen molar-refractivity contribution in [2.24, 2.45) is 0 Å². The van der Waals surface area contributed by atoms with Gasteiger partial charge in [0.25, 0.3) is 0 Å². The number of hydrogen-bond donors (Lipinski definition) is 1. The van der Waals surface area contributed by atoms with E-state index in [-0.39, 0.29) is 11.8 Å². The highest BCUT2D eigenvalue weighted by Crippen LogP contribution is 2.30. The summed E-state index contributed by atoms with van der Waals surface area (Å²) in [6.07, 6.45) is 3.11. The molecule has 0 saturated carbocycles. The van der Waals surface area contributed by atoms with E-state index in [1.165, 1.54) is 0 Å². The molecule has 1 aromatic heterocycles. The maximum absolute atomic E-state index is 13.1. The van der Waals surface area contributed by atoms with Crippen LogP contribution in [0.25, 0.3) is 0 Å². The number of hydrogen-bond acceptors (Lipinski definition) is 3. The van der Waals surface area contributed by atoms with E-state index in [0.717, 1.165) is 41.1 Å². The molecule has 0 radical (unpaired) electrons. The Balaban J connectivity index is 1.56. The number of nitrogens with zero attached hydrogens (tertiary/aromatic N) is 2. The summed E-state index contributed by atoms with van der Waals surface area (Å²) < 4.78 is 5.27. The van der Waals surface area contributed by atoms with Crippen LogP contribution in [0, 0.1) is 0 Å². The highest BCUT2D eigenvalue weighted by atomic mass is 16.5. The van der Waals surface area contributed by atoms with Crippen molar-refractivity contribution >= 4 is 5.91 Å². The van der Waals surface area contributed by atoms with Crippen LogP contribution >= 0.6 is 0 Å². The predicted octanol–water partition coefficient (Wildman–Crippen LogP) is 3.53. The predicted molar refractivity (Wildman–Crippen MR) is 104 cm³/mol. The molecule has 4 rings (SSSR count). The molecule has 27 heavy (non-hydrogen) atoms. The van der Waals surface area contributed by atoms with Crippen LogP contribution in [-0.4, -0.2) is 34.7 Å². The lowest BCUT2D eigenvalue weighted by Crippen LogP contribution is -2.36. The maximum atomic E-state index is 13.1. The lowest BCUT2D eigenvalue weighted by atomic mass is 9.88. The van der Waals surface area contributed by atoms with Crippen molar-refractivity contribution in [1.29, 1.82) is 0 Å². The number of fused-ring (bicyclic) bond motifs is 1. The van der Waals surface area contributed by atoms with Gasteiger partial charge in [0.05, 0.1) is 13.3 Å². The summed E-state index contributed by atoms with van der Waals surface area (Å²) >= 11 is 0. The molecule has 0 aliphatic carbocycles. The largest absolute Gasteiger partial charge is 0.497 e. The number of carbonyl (C=O) groups excluding carboxylic acids is 1. The maximum Gasteiger partial charge on any atom is 0.223 e. The Bertz CT molecular complexity index is 903. The lowest BCUT2D eigenvalue weighted by Gasteiger charge is -2.28. The van der Waals surface area contributed by atoms with Crippen LogP contribution in [0.4, 0.5) is 0 Å². The number of nitrogens with one attached hydrogen (secondary N) is 1. The summed E-state index contributed by atoms with van der Waals surface area (Å²) in [5.41, 5.74) is 4.54. The Labute approximate surface area is 159 Å². The molecule has 0 bridgehead atoms. The Kier molecular flexibility index (Phi) is 4.92. The summed E-state index contributed by atoms with van der Waals surface area (Å²) in [6.45, 7) is 1.37. The molecule has 138 valence electrons. The third-order valence-electron chi connectivity index (χ3n) is 5.25. The number of carbonyl (C=O) groups is 1. The minimum atomic E-state index is 0.0235. The van der Waals surface area contributed by atoms with Gasteiger partial charge in [-0.3, -0.25) is 9.89 Å². The molecule has 0 fully saturated rings. The fourth-order valence-corrected chi connectivity index (χ4v) is 3.69. The Morgan fingerprint density at radius 3 is 2.63 bits per heavy atom. The van der Waals surface area contributed by atoms with Crippen LogP contribution in [0.15, 0.2) is 60.8 Å². The molecular formula is C22H23N3O2. The molecule has 0 spiro atoms. The number of aromatic nitrogens is 2. The monoisotopic (exact) mass is 361 g/mol. The number of benzene rings is 2. The van der Waals surface area contributed by atoms with Gasteiger partial charge in [0.1, 0.15) is 5.75 Å². The second-order valence-electron chi connectivity index (χ2n) is 6.88. The number of ether oxygens (including phenoxy) is 1. The molecule has 3 aromatic rings. The summed E-state index contributed by atoms with van der Waals surface area (Å²) in [5, 5.41) is 7.12. The fraction of sp³-hybridized carbons (Fsp3) is 0.273. The molecule has 2 heterocycles. The first-order chi connectivity index (χ1) is 13.2. The van der Waals surface area contributed by atoms with Gasteiger partial charge in [-0.1, -0.05) is 42.5 Å². The molecule has 1 aliphatic heterocycles. The zero-order valence-electron chi connectivity index (χ0n) is 15.4. The number of H-pyrrole nitrogens is 1. The third kappa shape index (κ3) is 3.72. The second kappa shape index (κ2) is 7.66. The zero-order chi connectivity index (χ0) is 18.6. The highest BCUT2D eigenvalue weighted by molar-refractivity contribution is 5.78. The van der Waals surface area contributed by atoms with E-state index in [9.17, 15) is 4.79 Å². The number of amides is 1. The van der Waals surface area contributed by atoms with E-state index in [0.29, 0.717) is 13.0 Å². The SMILES string of the molecule is COc1ccc([C@H](CC(=O)N2CCc3[nH]ncc3C2)c2ccccc2)cc1. The molecule has 1 amide bonds. The van der Waals surface area contributed by atoms with Crippen molar-refractivity contribution in [2.75, 3.05) is 13.7 Å². The molecule has 5 heteroatoms. The van der Waals surface area contributed by atoms with Gasteiger partial charge in [0.2, 0.25) is 5.91 Å². The first-order valence-corrected chi connectivity index (χ1v) is 9.22. The standard InChI is InChI=1S/C22H23N3O2/c1-27-19-9-7-17(8-10-19)20(16-5-3-2-4-6-16)13-22(26)25-12-11-21-18(15-25)14-23-24-21/h2-10,14,20H,11-13,15H2,1H3,(H,23,24)/t20-/m1/s1. The van der Waals surface area contributed by atoms with E-state index in [2.05, 4.69) is 22.3 Å². The molecule has 1 atom stereocenters. The quantitative estimate of drug-likeness (QED) is 0.756. The summed E-state index contributed by atoms with van der Waals surface area (Å²) in [4.78, 5) is 15.0. The molecule has 1 N–H and O–H groups in total. The minimum absolute atomic E-state index is 0.0235. The Morgan fingerprint density at radius 2 is 1.89 bits per heavy atom. The van der Waals surface area contributed by atoms with Gasteiger partial charge in [0, 0.05) is 43.1 Å². The molecule has 1 aliphatic rings. The van der Waals surface area contributed by atoms with Crippen LogP contribution in [0.2, 0.25) is 0 Å². The summed E-state index contributed by atoms with van der Waals surface area (Å²) in [5.74, 6) is 1.02. The molecule has 5 nitrogen and oxygen atoms in total. The molecule has 0 saturated heterocycles. The topological polar surface area (TPSA) is 58.2 Å². The van der Waals surface area contributed by atoms with Gasteiger partial charge in [-0.05, 0) is 23.3 Å². The van der Waals surface area contributed by atoms with Gasteiger partial charge in [-0.25, -0.2) is 0 Å². The summed E-state index contributed by atoms with van der Waals surface area (Å²) in [6, 6.07) is 18.2. The van der Waals surface area contributed by atoms with Crippen molar-refractivity contribution < 1.29 is 9.53 Å². The van der Waals surface area contributed by atoms with Gasteiger partial charge in [-0.2, -0.15) is 5.10 Å². The second-order valence-corrected chi connectivity index (χ2v) is 6.88. The zero-order valence-corrected chi connectivity index (χ0v) is 15.4. The van der Waals surface area contributed by atoms with Crippen LogP contribution in [-0.2, 0) is 17.8 Å². The van der Waals surface area contributed by atoms with Gasteiger partial charge in [-0.15, -0.1) is 0 Å². The van der Waals surface area contributed by atoms with Gasteiger partial charge < -0.3 is 9.64 Å². The van der Waals surface area contributed by atoms with Crippen molar-refractivity contribution in [3.8, 4) is 5.75 Å². The Hall–Kier alpha value is -3.08. The van der Waals surface area contributed by atoms with E-state index >= 15 is 0 Å². The minimum Gasteiger partial charge on any atom is -0.497 e. The highest BCUT2D eigenvalue weighted by Gasteiger charge is 2.25. The number of rotatable bonds is 5. The summed E-state index contributed by atoms with van der Waals surface area (Å²) in [7, 11) is 1.66. The van der Waals surface area contributed by atoms with Crippen molar-refractivity contribution in [1.82, 2.24) is 15.1 Å². The first kappa shape index (κ1) is 17.3. The third-order valence-corrected chi connectivity index (χ3v) is 5.25. The van der Waals surface area contributed by atoms with Gasteiger partial charge >= 0.3 is 0 Å². The van der Waals surface area contributed by atoms with E-state index < -0.39 is 0 Å². The van der Waals surface area contributed by atoms with Gasteiger partial charge in [0.15, 0.2) is 0 Å². The molecular weight excluding hydrogens is 338 g/mol. The normalized spacial score (nSPS) is 14.5. The van der Waals surface area contributed by atoms with Crippen molar-refractivity contribution in [3.05, 3.63) is 83.2 Å². The van der Waals surface area contributed by atoms with Crippen LogP contribution in [0.3, 0.4) is 0 Å². The van der Waals surface area contributed by atoms with Crippen LogP contribution in [0.1, 0.15) is 34.7 Å². The average molecular weight is 361 g/mol. The van der Waals surface area contributed by atoms with Crippen molar-refractivity contribution in [2.45, 2.75) is 25.3 Å². The van der Waals surface area contributed by atoms with Crippen LogP contribution < -0.4 is 4.74 Å². The van der Waals surface area contributed by atoms with E-state index in [4.69, 9.17) is 4.74 Å². The average Bonchev–Trinajstić information content (AvgIpc) is 3.20. The lowest BCUT2D eigenvalue weighted by molar-refractivity contribution is -0.132. The molecule has 2 aromatic carbocycles. The smallest absolute Gasteiger partial charge is 0.223 e. The number of methoxy groups -OCH3 is 1. The van der Waals surface area contributed by atoms with E-state index in [1.807, 2.05) is 53.6 Å². The Morgan fingerprint density at radius 1 is 1.15 bits per heavy atom. The van der Waals surface area contributed by atoms with Crippen molar-refractivity contribution in [3.63, 3.8) is 0 Å².